The quantitative estimate of drug-likeness (QED) is 0.141. The first-order valence-electron chi connectivity index (χ1n) is 15.1. The lowest BCUT2D eigenvalue weighted by Crippen LogP contribution is -2.48. The van der Waals surface area contributed by atoms with E-state index in [1.165, 1.54) is 0 Å². The van der Waals surface area contributed by atoms with Crippen molar-refractivity contribution in [1.82, 2.24) is 10.2 Å². The second kappa shape index (κ2) is 16.3. The van der Waals surface area contributed by atoms with Crippen LogP contribution in [0.1, 0.15) is 89.1 Å². The minimum atomic E-state index is -3.72. The van der Waals surface area contributed by atoms with Crippen LogP contribution in [0.25, 0.3) is 0 Å². The molecular formula is C33H51N2O7P. The molecule has 0 bridgehead atoms. The van der Waals surface area contributed by atoms with Crippen LogP contribution < -0.4 is 14.9 Å². The van der Waals surface area contributed by atoms with E-state index in [0.717, 1.165) is 27.8 Å². The van der Waals surface area contributed by atoms with Crippen LogP contribution in [0.15, 0.2) is 30.3 Å². The number of carbonyl (C=O) groups excluding carboxylic acids is 2. The van der Waals surface area contributed by atoms with Crippen molar-refractivity contribution in [3.05, 3.63) is 58.1 Å². The number of hydrogen-bond donors (Lipinski definition) is 3. The maximum Gasteiger partial charge on any atom is 0.323 e. The van der Waals surface area contributed by atoms with Gasteiger partial charge in [-0.05, 0) is 97.9 Å². The van der Waals surface area contributed by atoms with Crippen molar-refractivity contribution < 1.29 is 33.5 Å². The maximum atomic E-state index is 14.4. The Morgan fingerprint density at radius 1 is 0.837 bits per heavy atom. The number of aryl methyl sites for hydroxylation is 2. The zero-order valence-corrected chi connectivity index (χ0v) is 28.3. The zero-order chi connectivity index (χ0) is 32.5. The van der Waals surface area contributed by atoms with Crippen LogP contribution in [-0.4, -0.2) is 48.7 Å². The molecule has 0 saturated carbocycles. The lowest BCUT2D eigenvalue weighted by Gasteiger charge is -2.31. The third-order valence-corrected chi connectivity index (χ3v) is 9.17. The molecule has 9 nitrogen and oxygen atoms in total. The summed E-state index contributed by atoms with van der Waals surface area (Å²) in [6.45, 7) is 19.2. The highest BCUT2D eigenvalue weighted by Crippen LogP contribution is 2.40. The summed E-state index contributed by atoms with van der Waals surface area (Å²) in [5.74, 6) is -0.513. The van der Waals surface area contributed by atoms with E-state index in [-0.39, 0.29) is 37.3 Å². The monoisotopic (exact) mass is 618 g/mol. The van der Waals surface area contributed by atoms with Gasteiger partial charge in [-0.25, -0.2) is 10.2 Å². The molecule has 0 aliphatic heterocycles. The Bertz CT molecular complexity index is 1230. The minimum Gasteiger partial charge on any atom is -0.508 e. The van der Waals surface area contributed by atoms with Crippen molar-refractivity contribution in [1.29, 1.82) is 0 Å². The average Bonchev–Trinajstić information content (AvgIpc) is 2.92. The van der Waals surface area contributed by atoms with Gasteiger partial charge in [0.25, 0.3) is 0 Å². The van der Waals surface area contributed by atoms with Gasteiger partial charge in [0.05, 0.1) is 13.2 Å². The number of aromatic hydroxyl groups is 1. The van der Waals surface area contributed by atoms with Gasteiger partial charge in [0, 0.05) is 0 Å². The summed E-state index contributed by atoms with van der Waals surface area (Å²) in [7, 11) is -3.72. The molecule has 2 rings (SSSR count). The highest BCUT2D eigenvalue weighted by molar-refractivity contribution is 7.59. The molecule has 0 saturated heterocycles. The van der Waals surface area contributed by atoms with Crippen LogP contribution in [0, 0.1) is 25.7 Å². The summed E-state index contributed by atoms with van der Waals surface area (Å²) in [4.78, 5) is 25.5. The Balaban J connectivity index is 2.38. The molecule has 240 valence electrons. The lowest BCUT2D eigenvalue weighted by atomic mass is 9.93. The number of rotatable bonds is 16. The molecule has 0 fully saturated rings. The molecule has 0 spiro atoms. The first kappa shape index (κ1) is 36.3. The summed E-state index contributed by atoms with van der Waals surface area (Å²) in [5, 5.41) is 16.2. The Morgan fingerprint density at radius 3 is 1.74 bits per heavy atom. The molecule has 2 aromatic rings. The highest BCUT2D eigenvalue weighted by Gasteiger charge is 2.38. The van der Waals surface area contributed by atoms with Gasteiger partial charge >= 0.3 is 11.9 Å². The van der Waals surface area contributed by atoms with Gasteiger partial charge in [-0.2, -0.15) is 0 Å². The molecule has 10 heteroatoms. The van der Waals surface area contributed by atoms with Crippen molar-refractivity contribution in [2.75, 3.05) is 19.6 Å². The second-order valence-corrected chi connectivity index (χ2v) is 14.2. The first-order chi connectivity index (χ1) is 20.1. The molecule has 3 atom stereocenters. The van der Waals surface area contributed by atoms with Crippen molar-refractivity contribution in [2.45, 2.75) is 93.7 Å². The molecule has 0 amide bonds. The van der Waals surface area contributed by atoms with E-state index in [9.17, 15) is 19.3 Å². The van der Waals surface area contributed by atoms with Crippen molar-refractivity contribution >= 4 is 19.4 Å². The lowest BCUT2D eigenvalue weighted by molar-refractivity contribution is -0.146. The van der Waals surface area contributed by atoms with E-state index in [4.69, 9.17) is 14.2 Å². The van der Waals surface area contributed by atoms with Crippen molar-refractivity contribution in [3.8, 4) is 11.5 Å². The molecule has 0 aliphatic rings. The summed E-state index contributed by atoms with van der Waals surface area (Å²) in [6.07, 6.45) is 0.372. The van der Waals surface area contributed by atoms with Gasteiger partial charge in [-0.15, -0.1) is 0 Å². The van der Waals surface area contributed by atoms with E-state index >= 15 is 0 Å². The number of nitrogens with one attached hydrogen (secondary N) is 2. The number of carbonyl (C=O) groups is 2. The van der Waals surface area contributed by atoms with Gasteiger partial charge in [-0.1, -0.05) is 53.7 Å². The SMILES string of the molecule is CCOC(=O)[C@@H](NP(=O)(COc1cc(C)c(Cc2ccc(O)c(C(C)C)c2)c(C)c1)N[C@@H](C(=O)OCC)C(C)C)C(C)C. The van der Waals surface area contributed by atoms with Gasteiger partial charge in [-0.3, -0.25) is 14.2 Å². The van der Waals surface area contributed by atoms with E-state index in [1.807, 2.05) is 65.8 Å². The standard InChI is InChI=1S/C33H51N2O7P/c1-11-40-32(37)30(21(5)6)34-43(39,35-31(22(7)8)33(38)41-12-2)19-42-26-15-23(9)28(24(10)16-26)18-25-13-14-29(36)27(17-25)20(3)4/h13-17,20-22,30-31,36H,11-12,18-19H2,1-10H3,(H2,34,35,39)/t30-,31+,43?. The number of hydrogen-bond acceptors (Lipinski definition) is 7. The molecule has 1 unspecified atom stereocenters. The van der Waals surface area contributed by atoms with E-state index in [2.05, 4.69) is 24.0 Å². The molecular weight excluding hydrogens is 567 g/mol. The summed E-state index contributed by atoms with van der Waals surface area (Å²) in [5.41, 5.74) is 5.15. The topological polar surface area (TPSA) is 123 Å². The number of benzene rings is 2. The van der Waals surface area contributed by atoms with E-state index in [0.29, 0.717) is 17.9 Å². The first-order valence-corrected chi connectivity index (χ1v) is 17.0. The Hall–Kier alpha value is -2.87. The fourth-order valence-corrected chi connectivity index (χ4v) is 7.10. The highest BCUT2D eigenvalue weighted by atomic mass is 31.2. The summed E-state index contributed by atoms with van der Waals surface area (Å²) < 4.78 is 31.0. The molecule has 43 heavy (non-hydrogen) atoms. The van der Waals surface area contributed by atoms with Crippen LogP contribution in [0.3, 0.4) is 0 Å². The van der Waals surface area contributed by atoms with Gasteiger partial charge in [0.2, 0.25) is 7.44 Å². The van der Waals surface area contributed by atoms with Gasteiger partial charge in [0.1, 0.15) is 23.6 Å². The number of phenols is 1. The summed E-state index contributed by atoms with van der Waals surface area (Å²) >= 11 is 0. The van der Waals surface area contributed by atoms with Crippen molar-refractivity contribution in [3.63, 3.8) is 0 Å². The predicted molar refractivity (Wildman–Crippen MR) is 171 cm³/mol. The van der Waals surface area contributed by atoms with Crippen LogP contribution in [-0.2, 0) is 30.0 Å². The number of phenolic OH excluding ortho intramolecular Hbond substituents is 1. The second-order valence-electron chi connectivity index (χ2n) is 12.0. The zero-order valence-electron chi connectivity index (χ0n) is 27.4. The van der Waals surface area contributed by atoms with E-state index in [1.54, 1.807) is 19.9 Å². The van der Waals surface area contributed by atoms with E-state index < -0.39 is 31.5 Å². The molecule has 0 heterocycles. The number of esters is 2. The Labute approximate surface area is 257 Å². The summed E-state index contributed by atoms with van der Waals surface area (Å²) in [6, 6.07) is 7.74. The van der Waals surface area contributed by atoms with Gasteiger partial charge in [0.15, 0.2) is 6.35 Å². The molecule has 0 aliphatic carbocycles. The fourth-order valence-electron chi connectivity index (χ4n) is 4.83. The van der Waals surface area contributed by atoms with Crippen LogP contribution >= 0.6 is 7.44 Å². The van der Waals surface area contributed by atoms with Gasteiger partial charge < -0.3 is 19.3 Å². The number of ether oxygens (including phenoxy) is 3. The third-order valence-electron chi connectivity index (χ3n) is 7.29. The smallest absolute Gasteiger partial charge is 0.323 e. The Morgan fingerprint density at radius 2 is 1.33 bits per heavy atom. The average molecular weight is 619 g/mol. The normalized spacial score (nSPS) is 14.4. The molecule has 2 aromatic carbocycles. The minimum absolute atomic E-state index is 0.184. The molecule has 0 radical (unpaired) electrons. The maximum absolute atomic E-state index is 14.4. The van der Waals surface area contributed by atoms with Crippen molar-refractivity contribution in [2.24, 2.45) is 11.8 Å². The molecule has 3 N–H and O–H groups in total. The largest absolute Gasteiger partial charge is 0.508 e. The third kappa shape index (κ3) is 10.4. The van der Waals surface area contributed by atoms with Crippen LogP contribution in [0.2, 0.25) is 0 Å². The van der Waals surface area contributed by atoms with Crippen LogP contribution in [0.4, 0.5) is 0 Å². The fraction of sp³-hybridized carbons (Fsp3) is 0.576. The molecule has 0 aromatic heterocycles. The predicted octanol–water partition coefficient (Wildman–Crippen LogP) is 6.61. The van der Waals surface area contributed by atoms with Crippen LogP contribution in [0.5, 0.6) is 11.5 Å². The Kier molecular flexibility index (Phi) is 13.7.